The van der Waals surface area contributed by atoms with Crippen LogP contribution in [-0.4, -0.2) is 17.5 Å². The number of benzene rings is 3. The maximum atomic E-state index is 14.0. The van der Waals surface area contributed by atoms with Gasteiger partial charge in [-0.25, -0.2) is 9.18 Å². The molecule has 0 radical (unpaired) electrons. The van der Waals surface area contributed by atoms with E-state index in [-0.39, 0.29) is 17.8 Å². The van der Waals surface area contributed by atoms with Crippen LogP contribution in [-0.2, 0) is 6.42 Å². The van der Waals surface area contributed by atoms with E-state index in [0.717, 1.165) is 17.5 Å². The van der Waals surface area contributed by atoms with Gasteiger partial charge in [0, 0.05) is 11.6 Å². The Kier molecular flexibility index (Phi) is 4.82. The highest BCUT2D eigenvalue weighted by molar-refractivity contribution is 6.31. The van der Waals surface area contributed by atoms with Crippen molar-refractivity contribution >= 4 is 23.3 Å². The quantitative estimate of drug-likeness (QED) is 0.611. The van der Waals surface area contributed by atoms with Gasteiger partial charge in [0.25, 0.3) is 0 Å². The molecule has 0 aliphatic carbocycles. The zero-order valence-electron chi connectivity index (χ0n) is 14.5. The minimum atomic E-state index is -0.461. The number of carbonyl (C=O) groups is 1. The van der Waals surface area contributed by atoms with E-state index in [9.17, 15) is 9.18 Å². The molecule has 1 aliphatic rings. The van der Waals surface area contributed by atoms with Crippen LogP contribution in [0.4, 0.5) is 14.9 Å². The third-order valence-corrected chi connectivity index (χ3v) is 5.20. The summed E-state index contributed by atoms with van der Waals surface area (Å²) in [7, 11) is 0. The van der Waals surface area contributed by atoms with Crippen molar-refractivity contribution < 1.29 is 9.18 Å². The monoisotopic (exact) mass is 380 g/mol. The summed E-state index contributed by atoms with van der Waals surface area (Å²) < 4.78 is 14.0. The van der Waals surface area contributed by atoms with Gasteiger partial charge in [-0.3, -0.25) is 0 Å². The molecular weight excluding hydrogens is 363 g/mol. The molecular formula is C22H18ClFN2O. The standard InChI is InChI=1S/C22H18ClFN2O/c23-18-10-4-3-9-17(18)21-16-8-2-1-7-15(16)13-14-26(21)22(27)25-20-12-6-5-11-19(20)24/h1-12,21H,13-14H2,(H,25,27)/t21-/m0/s1. The molecule has 1 atom stereocenters. The van der Waals surface area contributed by atoms with Crippen LogP contribution in [0.5, 0.6) is 0 Å². The predicted octanol–water partition coefficient (Wildman–Crippen LogP) is 5.66. The highest BCUT2D eigenvalue weighted by Crippen LogP contribution is 2.38. The Morgan fingerprint density at radius 3 is 2.41 bits per heavy atom. The summed E-state index contributed by atoms with van der Waals surface area (Å²) in [5, 5.41) is 3.30. The molecule has 1 aliphatic heterocycles. The number of amides is 2. The average Bonchev–Trinajstić information content (AvgIpc) is 2.69. The number of carbonyl (C=O) groups excluding carboxylic acids is 1. The van der Waals surface area contributed by atoms with Crippen molar-refractivity contribution in [2.24, 2.45) is 0 Å². The van der Waals surface area contributed by atoms with Crippen LogP contribution in [0, 0.1) is 5.82 Å². The van der Waals surface area contributed by atoms with Crippen LogP contribution in [0.2, 0.25) is 5.02 Å². The van der Waals surface area contributed by atoms with Gasteiger partial charge in [0.05, 0.1) is 11.7 Å². The Bertz CT molecular complexity index is 991. The number of fused-ring (bicyclic) bond motifs is 1. The Morgan fingerprint density at radius 2 is 1.63 bits per heavy atom. The van der Waals surface area contributed by atoms with E-state index in [1.54, 1.807) is 23.1 Å². The molecule has 0 saturated carbocycles. The van der Waals surface area contributed by atoms with Crippen molar-refractivity contribution in [1.82, 2.24) is 4.90 Å². The number of hydrogen-bond donors (Lipinski definition) is 1. The molecule has 3 nitrogen and oxygen atoms in total. The lowest BCUT2D eigenvalue weighted by atomic mass is 9.88. The number of halogens is 2. The number of para-hydroxylation sites is 1. The first kappa shape index (κ1) is 17.6. The molecule has 0 fully saturated rings. The third-order valence-electron chi connectivity index (χ3n) is 4.86. The van der Waals surface area contributed by atoms with E-state index in [2.05, 4.69) is 11.4 Å². The lowest BCUT2D eigenvalue weighted by Crippen LogP contribution is -2.43. The van der Waals surface area contributed by atoms with Gasteiger partial charge < -0.3 is 10.2 Å². The molecule has 0 unspecified atom stereocenters. The van der Waals surface area contributed by atoms with Gasteiger partial charge in [-0.15, -0.1) is 0 Å². The Labute approximate surface area is 162 Å². The zero-order valence-corrected chi connectivity index (χ0v) is 15.3. The van der Waals surface area contributed by atoms with Crippen LogP contribution in [0.15, 0.2) is 72.8 Å². The fourth-order valence-corrected chi connectivity index (χ4v) is 3.81. The highest BCUT2D eigenvalue weighted by Gasteiger charge is 2.33. The molecule has 0 saturated heterocycles. The summed E-state index contributed by atoms with van der Waals surface area (Å²) in [6, 6.07) is 21.1. The summed E-state index contributed by atoms with van der Waals surface area (Å²) in [6.07, 6.45) is 0.738. The summed E-state index contributed by atoms with van der Waals surface area (Å²) >= 11 is 6.46. The number of urea groups is 1. The second-order valence-corrected chi connectivity index (χ2v) is 6.88. The van der Waals surface area contributed by atoms with Crippen LogP contribution in [0.25, 0.3) is 0 Å². The van der Waals surface area contributed by atoms with Crippen molar-refractivity contribution in [3.63, 3.8) is 0 Å². The van der Waals surface area contributed by atoms with E-state index >= 15 is 0 Å². The Hall–Kier alpha value is -2.85. The Morgan fingerprint density at radius 1 is 0.963 bits per heavy atom. The second-order valence-electron chi connectivity index (χ2n) is 6.48. The van der Waals surface area contributed by atoms with Crippen molar-refractivity contribution in [2.75, 3.05) is 11.9 Å². The first-order valence-electron chi connectivity index (χ1n) is 8.79. The van der Waals surface area contributed by atoms with E-state index in [0.29, 0.717) is 11.6 Å². The molecule has 1 N–H and O–H groups in total. The van der Waals surface area contributed by atoms with Crippen LogP contribution < -0.4 is 5.32 Å². The zero-order chi connectivity index (χ0) is 18.8. The molecule has 4 rings (SSSR count). The summed E-state index contributed by atoms with van der Waals surface area (Å²) in [4.78, 5) is 14.7. The molecule has 5 heteroatoms. The van der Waals surface area contributed by atoms with Crippen molar-refractivity contribution in [3.8, 4) is 0 Å². The van der Waals surface area contributed by atoms with Crippen molar-refractivity contribution in [3.05, 3.63) is 100 Å². The summed E-state index contributed by atoms with van der Waals surface area (Å²) in [6.45, 7) is 0.521. The number of nitrogens with one attached hydrogen (secondary N) is 1. The van der Waals surface area contributed by atoms with Gasteiger partial charge in [0.15, 0.2) is 0 Å². The molecule has 136 valence electrons. The van der Waals surface area contributed by atoms with Crippen LogP contribution in [0.3, 0.4) is 0 Å². The molecule has 2 amide bonds. The molecule has 0 aromatic heterocycles. The van der Waals surface area contributed by atoms with Crippen molar-refractivity contribution in [2.45, 2.75) is 12.5 Å². The lowest BCUT2D eigenvalue weighted by molar-refractivity contribution is 0.194. The summed E-state index contributed by atoms with van der Waals surface area (Å²) in [5.74, 6) is -0.461. The summed E-state index contributed by atoms with van der Waals surface area (Å²) in [5.41, 5.74) is 3.26. The van der Waals surface area contributed by atoms with E-state index in [1.807, 2.05) is 42.5 Å². The fourth-order valence-electron chi connectivity index (χ4n) is 3.57. The van der Waals surface area contributed by atoms with Crippen LogP contribution in [0.1, 0.15) is 22.7 Å². The second kappa shape index (κ2) is 7.41. The first-order chi connectivity index (χ1) is 13.1. The number of rotatable bonds is 2. The number of nitrogens with zero attached hydrogens (tertiary/aromatic N) is 1. The Balaban J connectivity index is 1.74. The first-order valence-corrected chi connectivity index (χ1v) is 9.17. The lowest BCUT2D eigenvalue weighted by Gasteiger charge is -2.38. The average molecular weight is 381 g/mol. The van der Waals surface area contributed by atoms with Crippen molar-refractivity contribution in [1.29, 1.82) is 0 Å². The molecule has 3 aromatic rings. The van der Waals surface area contributed by atoms with Gasteiger partial charge in [-0.05, 0) is 41.3 Å². The fraction of sp³-hybridized carbons (Fsp3) is 0.136. The normalized spacial score (nSPS) is 15.9. The third kappa shape index (κ3) is 3.40. The SMILES string of the molecule is O=C(Nc1ccccc1F)N1CCc2ccccc2[C@H]1c1ccccc1Cl. The minimum Gasteiger partial charge on any atom is -0.313 e. The highest BCUT2D eigenvalue weighted by atomic mass is 35.5. The maximum absolute atomic E-state index is 14.0. The van der Waals surface area contributed by atoms with Crippen LogP contribution >= 0.6 is 11.6 Å². The molecule has 0 spiro atoms. The van der Waals surface area contributed by atoms with E-state index in [1.165, 1.54) is 11.6 Å². The maximum Gasteiger partial charge on any atom is 0.322 e. The molecule has 27 heavy (non-hydrogen) atoms. The van der Waals surface area contributed by atoms with Gasteiger partial charge in [-0.1, -0.05) is 66.2 Å². The molecule has 0 bridgehead atoms. The van der Waals surface area contributed by atoms with Gasteiger partial charge in [0.2, 0.25) is 0 Å². The number of hydrogen-bond acceptors (Lipinski definition) is 1. The van der Waals surface area contributed by atoms with Gasteiger partial charge in [0.1, 0.15) is 5.82 Å². The molecule has 1 heterocycles. The minimum absolute atomic E-state index is 0.166. The topological polar surface area (TPSA) is 32.3 Å². The van der Waals surface area contributed by atoms with Gasteiger partial charge >= 0.3 is 6.03 Å². The van der Waals surface area contributed by atoms with E-state index in [4.69, 9.17) is 11.6 Å². The van der Waals surface area contributed by atoms with E-state index < -0.39 is 5.82 Å². The van der Waals surface area contributed by atoms with Gasteiger partial charge in [-0.2, -0.15) is 0 Å². The largest absolute Gasteiger partial charge is 0.322 e. The number of anilines is 1. The smallest absolute Gasteiger partial charge is 0.313 e. The predicted molar refractivity (Wildman–Crippen MR) is 106 cm³/mol. The molecule has 3 aromatic carbocycles.